The van der Waals surface area contributed by atoms with E-state index in [4.69, 9.17) is 14.0 Å². The minimum absolute atomic E-state index is 0.202. The molecule has 0 saturated heterocycles. The summed E-state index contributed by atoms with van der Waals surface area (Å²) >= 11 is 0. The fourth-order valence-electron chi connectivity index (χ4n) is 3.45. The molecule has 29 heavy (non-hydrogen) atoms. The maximum Gasteiger partial charge on any atom is 0.252 e. The number of hydrogen-bond acceptors (Lipinski definition) is 8. The normalized spacial score (nSPS) is 23.8. The Balaban J connectivity index is 1.19. The zero-order chi connectivity index (χ0) is 19.8. The third-order valence-electron chi connectivity index (χ3n) is 5.36. The van der Waals surface area contributed by atoms with Gasteiger partial charge in [-0.3, -0.25) is 0 Å². The Kier molecular flexibility index (Phi) is 4.30. The average molecular weight is 398 g/mol. The van der Waals surface area contributed by atoms with Crippen LogP contribution in [0.15, 0.2) is 41.3 Å². The van der Waals surface area contributed by atoms with E-state index in [0.29, 0.717) is 28.8 Å². The summed E-state index contributed by atoms with van der Waals surface area (Å²) in [5, 5.41) is 12.6. The molecule has 0 spiro atoms. The predicted molar refractivity (Wildman–Crippen MR) is 98.1 cm³/mol. The maximum absolute atomic E-state index is 15.3. The smallest absolute Gasteiger partial charge is 0.252 e. The minimum atomic E-state index is -1.46. The van der Waals surface area contributed by atoms with Gasteiger partial charge >= 0.3 is 0 Å². The van der Waals surface area contributed by atoms with Crippen molar-refractivity contribution in [3.63, 3.8) is 0 Å². The van der Waals surface area contributed by atoms with Crippen molar-refractivity contribution < 1.29 is 23.5 Å². The standard InChI is InChI=1S/C20H19FN4O4/c21-20(12-4-5-22-18(6-12)27-13-2-1-3-13)8-14(9-20)28-19-11-23-15(10-24-19)16-7-17(26)25-29-16/h4-7,10-11,13-14H,1-3,8-9H2,(H,25,26)/t14-,20-. The van der Waals surface area contributed by atoms with Crippen LogP contribution in [0.5, 0.6) is 17.6 Å². The number of halogens is 1. The lowest BCUT2D eigenvalue weighted by Gasteiger charge is -2.41. The zero-order valence-electron chi connectivity index (χ0n) is 15.5. The van der Waals surface area contributed by atoms with Crippen LogP contribution in [0.2, 0.25) is 0 Å². The van der Waals surface area contributed by atoms with Gasteiger partial charge in [0, 0.05) is 25.1 Å². The van der Waals surface area contributed by atoms with Crippen LogP contribution in [0.1, 0.15) is 37.7 Å². The van der Waals surface area contributed by atoms with Crippen molar-refractivity contribution in [3.8, 4) is 29.1 Å². The predicted octanol–water partition coefficient (Wildman–Crippen LogP) is 3.57. The highest BCUT2D eigenvalue weighted by Crippen LogP contribution is 2.47. The van der Waals surface area contributed by atoms with Gasteiger partial charge in [-0.05, 0) is 36.0 Å². The molecular formula is C20H19FN4O4. The molecular weight excluding hydrogens is 379 g/mol. The Hall–Kier alpha value is -3.23. The van der Waals surface area contributed by atoms with E-state index in [0.717, 1.165) is 12.8 Å². The Bertz CT molecular complexity index is 1000. The highest BCUT2D eigenvalue weighted by molar-refractivity contribution is 5.51. The summed E-state index contributed by atoms with van der Waals surface area (Å²) < 4.78 is 31.7. The molecule has 0 aromatic carbocycles. The number of pyridine rings is 1. The summed E-state index contributed by atoms with van der Waals surface area (Å²) in [7, 11) is 0. The second-order valence-electron chi connectivity index (χ2n) is 7.46. The van der Waals surface area contributed by atoms with Crippen molar-refractivity contribution in [2.45, 2.75) is 50.0 Å². The summed E-state index contributed by atoms with van der Waals surface area (Å²) in [4.78, 5) is 12.5. The molecule has 3 heterocycles. The van der Waals surface area contributed by atoms with Gasteiger partial charge in [-0.2, -0.15) is 0 Å². The van der Waals surface area contributed by atoms with Crippen molar-refractivity contribution in [1.29, 1.82) is 0 Å². The summed E-state index contributed by atoms with van der Waals surface area (Å²) in [5.41, 5.74) is -0.488. The van der Waals surface area contributed by atoms with E-state index in [1.54, 1.807) is 18.3 Å². The highest BCUT2D eigenvalue weighted by atomic mass is 19.1. The van der Waals surface area contributed by atoms with Gasteiger partial charge in [0.25, 0.3) is 5.88 Å². The van der Waals surface area contributed by atoms with E-state index < -0.39 is 5.67 Å². The van der Waals surface area contributed by atoms with Crippen molar-refractivity contribution in [1.82, 2.24) is 20.1 Å². The minimum Gasteiger partial charge on any atom is -0.491 e. The molecule has 9 heteroatoms. The van der Waals surface area contributed by atoms with Crippen molar-refractivity contribution >= 4 is 0 Å². The topological polar surface area (TPSA) is 103 Å². The highest BCUT2D eigenvalue weighted by Gasteiger charge is 2.48. The summed E-state index contributed by atoms with van der Waals surface area (Å²) in [5.74, 6) is 0.848. The van der Waals surface area contributed by atoms with Crippen LogP contribution >= 0.6 is 0 Å². The Morgan fingerprint density at radius 1 is 1.03 bits per heavy atom. The molecule has 0 atom stereocenters. The average Bonchev–Trinajstić information content (AvgIpc) is 3.10. The van der Waals surface area contributed by atoms with E-state index in [9.17, 15) is 5.11 Å². The molecule has 0 radical (unpaired) electrons. The van der Waals surface area contributed by atoms with Crippen molar-refractivity contribution in [2.75, 3.05) is 0 Å². The molecule has 3 aromatic rings. The Morgan fingerprint density at radius 2 is 1.86 bits per heavy atom. The van der Waals surface area contributed by atoms with Crippen molar-refractivity contribution in [3.05, 3.63) is 42.4 Å². The van der Waals surface area contributed by atoms with Crippen LogP contribution in [-0.4, -0.2) is 37.4 Å². The number of nitrogens with zero attached hydrogens (tertiary/aromatic N) is 4. The van der Waals surface area contributed by atoms with Gasteiger partial charge in [-0.15, -0.1) is 0 Å². The number of alkyl halides is 1. The monoisotopic (exact) mass is 398 g/mol. The van der Waals surface area contributed by atoms with E-state index >= 15 is 4.39 Å². The molecule has 150 valence electrons. The van der Waals surface area contributed by atoms with Crippen LogP contribution in [0.25, 0.3) is 11.5 Å². The fraction of sp³-hybridized carbons (Fsp3) is 0.400. The third-order valence-corrected chi connectivity index (χ3v) is 5.36. The van der Waals surface area contributed by atoms with Crippen LogP contribution < -0.4 is 9.47 Å². The van der Waals surface area contributed by atoms with E-state index in [-0.39, 0.29) is 30.9 Å². The van der Waals surface area contributed by atoms with E-state index in [1.165, 1.54) is 24.9 Å². The van der Waals surface area contributed by atoms with E-state index in [1.807, 2.05) is 0 Å². The van der Waals surface area contributed by atoms with Crippen LogP contribution in [0.3, 0.4) is 0 Å². The van der Waals surface area contributed by atoms with Gasteiger partial charge in [0.15, 0.2) is 5.76 Å². The van der Waals surface area contributed by atoms with Gasteiger partial charge in [0.2, 0.25) is 11.8 Å². The van der Waals surface area contributed by atoms with Crippen LogP contribution in [0, 0.1) is 0 Å². The summed E-state index contributed by atoms with van der Waals surface area (Å²) in [6, 6.07) is 4.72. The molecule has 0 aliphatic heterocycles. The van der Waals surface area contributed by atoms with Gasteiger partial charge in [-0.25, -0.2) is 19.3 Å². The first-order valence-corrected chi connectivity index (χ1v) is 9.54. The lowest BCUT2D eigenvalue weighted by atomic mass is 9.74. The second-order valence-corrected chi connectivity index (χ2v) is 7.46. The third kappa shape index (κ3) is 3.59. The Labute approximate surface area is 165 Å². The molecule has 0 unspecified atom stereocenters. The molecule has 0 bridgehead atoms. The molecule has 8 nitrogen and oxygen atoms in total. The van der Waals surface area contributed by atoms with E-state index in [2.05, 4.69) is 20.1 Å². The first kappa shape index (κ1) is 17.8. The van der Waals surface area contributed by atoms with Crippen molar-refractivity contribution in [2.24, 2.45) is 0 Å². The fourth-order valence-corrected chi connectivity index (χ4v) is 3.45. The number of hydrogen-bond donors (Lipinski definition) is 1. The summed E-state index contributed by atoms with van der Waals surface area (Å²) in [6.45, 7) is 0. The molecule has 2 saturated carbocycles. The maximum atomic E-state index is 15.3. The molecule has 2 fully saturated rings. The molecule has 2 aliphatic carbocycles. The van der Waals surface area contributed by atoms with Crippen LogP contribution in [-0.2, 0) is 5.67 Å². The first-order chi connectivity index (χ1) is 14.1. The quantitative estimate of drug-likeness (QED) is 0.672. The van der Waals surface area contributed by atoms with Gasteiger partial charge in [0.05, 0.1) is 18.5 Å². The van der Waals surface area contributed by atoms with Gasteiger partial charge in [-0.1, -0.05) is 0 Å². The Morgan fingerprint density at radius 3 is 2.52 bits per heavy atom. The number of aromatic nitrogens is 4. The molecule has 0 amide bonds. The van der Waals surface area contributed by atoms with Gasteiger partial charge < -0.3 is 19.1 Å². The van der Waals surface area contributed by atoms with Crippen LogP contribution in [0.4, 0.5) is 4.39 Å². The number of ether oxygens (including phenoxy) is 2. The molecule has 5 rings (SSSR count). The number of rotatable bonds is 6. The summed E-state index contributed by atoms with van der Waals surface area (Å²) in [6.07, 6.45) is 8.05. The second kappa shape index (κ2) is 6.98. The zero-order valence-corrected chi connectivity index (χ0v) is 15.5. The number of aromatic hydroxyl groups is 1. The SMILES string of the molecule is Oc1cc(-c2cnc(O[C@H]3C[C@@](F)(c4ccnc(OC5CCC5)c4)C3)cn2)on1. The largest absolute Gasteiger partial charge is 0.491 e. The lowest BCUT2D eigenvalue weighted by molar-refractivity contribution is -0.0490. The molecule has 2 aliphatic rings. The van der Waals surface area contributed by atoms with Gasteiger partial charge in [0.1, 0.15) is 23.6 Å². The molecule has 3 aromatic heterocycles. The lowest BCUT2D eigenvalue weighted by Crippen LogP contribution is -2.44. The molecule has 1 N–H and O–H groups in total. The first-order valence-electron chi connectivity index (χ1n) is 9.54.